The summed E-state index contributed by atoms with van der Waals surface area (Å²) in [6, 6.07) is 5.82. The minimum Gasteiger partial charge on any atom is -0.355 e. The quantitative estimate of drug-likeness (QED) is 0.799. The molecule has 0 aromatic carbocycles. The molecular weight excluding hydrogens is 294 g/mol. The third kappa shape index (κ3) is 2.50. The standard InChI is InChI=1S/C13H11N3O2S2/c1-7-6-9(18-16-7)12-11(10-4-3-5-19-10)15-13(20-12)14-8(2)17/h3-6H,1-2H3,(H,14,15,17). The summed E-state index contributed by atoms with van der Waals surface area (Å²) in [6.07, 6.45) is 0. The maximum absolute atomic E-state index is 11.2. The summed E-state index contributed by atoms with van der Waals surface area (Å²) in [5, 5.41) is 9.17. The van der Waals surface area contributed by atoms with E-state index < -0.39 is 0 Å². The van der Waals surface area contributed by atoms with Crippen molar-refractivity contribution in [3.63, 3.8) is 0 Å². The molecule has 0 bridgehead atoms. The maximum atomic E-state index is 11.2. The van der Waals surface area contributed by atoms with Crippen LogP contribution < -0.4 is 5.32 Å². The van der Waals surface area contributed by atoms with Gasteiger partial charge in [0.15, 0.2) is 10.9 Å². The Morgan fingerprint density at radius 2 is 2.30 bits per heavy atom. The van der Waals surface area contributed by atoms with Gasteiger partial charge in [0.2, 0.25) is 5.91 Å². The Balaban J connectivity index is 2.11. The number of amides is 1. The molecule has 3 rings (SSSR count). The van der Waals surface area contributed by atoms with Gasteiger partial charge < -0.3 is 9.84 Å². The molecule has 3 heterocycles. The number of carbonyl (C=O) groups excluding carboxylic acids is 1. The first-order valence-electron chi connectivity index (χ1n) is 5.89. The fourth-order valence-electron chi connectivity index (χ4n) is 1.74. The molecule has 20 heavy (non-hydrogen) atoms. The fourth-order valence-corrected chi connectivity index (χ4v) is 3.50. The van der Waals surface area contributed by atoms with E-state index in [1.54, 1.807) is 11.3 Å². The number of nitrogens with one attached hydrogen (secondary N) is 1. The van der Waals surface area contributed by atoms with Crippen LogP contribution in [0.1, 0.15) is 12.6 Å². The predicted molar refractivity (Wildman–Crippen MR) is 80.0 cm³/mol. The smallest absolute Gasteiger partial charge is 0.223 e. The summed E-state index contributed by atoms with van der Waals surface area (Å²) < 4.78 is 5.32. The average Bonchev–Trinajstić information content (AvgIpc) is 3.06. The third-order valence-electron chi connectivity index (χ3n) is 2.52. The molecule has 0 saturated heterocycles. The lowest BCUT2D eigenvalue weighted by Gasteiger charge is -1.94. The summed E-state index contributed by atoms with van der Waals surface area (Å²) in [6.45, 7) is 3.33. The van der Waals surface area contributed by atoms with E-state index in [4.69, 9.17) is 4.52 Å². The van der Waals surface area contributed by atoms with Gasteiger partial charge in [-0.3, -0.25) is 4.79 Å². The van der Waals surface area contributed by atoms with Crippen LogP contribution in [0, 0.1) is 6.92 Å². The van der Waals surface area contributed by atoms with Gasteiger partial charge >= 0.3 is 0 Å². The summed E-state index contributed by atoms with van der Waals surface area (Å²) in [5.74, 6) is 0.525. The summed E-state index contributed by atoms with van der Waals surface area (Å²) in [4.78, 5) is 17.6. The lowest BCUT2D eigenvalue weighted by molar-refractivity contribution is -0.114. The van der Waals surface area contributed by atoms with E-state index >= 15 is 0 Å². The van der Waals surface area contributed by atoms with Gasteiger partial charge in [0, 0.05) is 13.0 Å². The number of aryl methyl sites for hydroxylation is 1. The molecule has 0 radical (unpaired) electrons. The molecule has 5 nitrogen and oxygen atoms in total. The van der Waals surface area contributed by atoms with Gasteiger partial charge in [0.1, 0.15) is 10.6 Å². The third-order valence-corrected chi connectivity index (χ3v) is 4.38. The molecule has 7 heteroatoms. The molecule has 102 valence electrons. The number of hydrogen-bond acceptors (Lipinski definition) is 6. The van der Waals surface area contributed by atoms with Crippen molar-refractivity contribution >= 4 is 33.7 Å². The zero-order valence-electron chi connectivity index (χ0n) is 10.8. The van der Waals surface area contributed by atoms with Gasteiger partial charge in [0.05, 0.1) is 10.6 Å². The van der Waals surface area contributed by atoms with Crippen molar-refractivity contribution in [3.05, 3.63) is 29.3 Å². The van der Waals surface area contributed by atoms with Gasteiger partial charge in [-0.15, -0.1) is 11.3 Å². The van der Waals surface area contributed by atoms with E-state index in [-0.39, 0.29) is 5.91 Å². The number of thiophene rings is 1. The predicted octanol–water partition coefficient (Wildman–Crippen LogP) is 3.79. The Kier molecular flexibility index (Phi) is 3.37. The largest absolute Gasteiger partial charge is 0.355 e. The molecule has 0 aliphatic carbocycles. The lowest BCUT2D eigenvalue weighted by Crippen LogP contribution is -2.04. The summed E-state index contributed by atoms with van der Waals surface area (Å²) in [5.41, 5.74) is 1.62. The highest BCUT2D eigenvalue weighted by molar-refractivity contribution is 7.20. The summed E-state index contributed by atoms with van der Waals surface area (Å²) in [7, 11) is 0. The molecule has 0 aliphatic heterocycles. The number of aromatic nitrogens is 2. The first kappa shape index (κ1) is 13.0. The molecule has 1 N–H and O–H groups in total. The molecule has 3 aromatic heterocycles. The van der Waals surface area contributed by atoms with Crippen molar-refractivity contribution < 1.29 is 9.32 Å². The van der Waals surface area contributed by atoms with Crippen molar-refractivity contribution in [1.82, 2.24) is 10.1 Å². The van der Waals surface area contributed by atoms with Crippen LogP contribution >= 0.6 is 22.7 Å². The van der Waals surface area contributed by atoms with Crippen LogP contribution in [0.3, 0.4) is 0 Å². The molecular formula is C13H11N3O2S2. The van der Waals surface area contributed by atoms with Crippen molar-refractivity contribution in [3.8, 4) is 21.2 Å². The number of hydrogen-bond donors (Lipinski definition) is 1. The van der Waals surface area contributed by atoms with E-state index in [0.29, 0.717) is 10.9 Å². The normalized spacial score (nSPS) is 10.7. The molecule has 0 fully saturated rings. The van der Waals surface area contributed by atoms with Gasteiger partial charge in [0.25, 0.3) is 0 Å². The Bertz CT molecular complexity index is 744. The van der Waals surface area contributed by atoms with E-state index in [1.807, 2.05) is 30.5 Å². The minimum absolute atomic E-state index is 0.142. The molecule has 0 spiro atoms. The Hall–Kier alpha value is -1.99. The second kappa shape index (κ2) is 5.18. The Labute approximate surface area is 123 Å². The van der Waals surface area contributed by atoms with Gasteiger partial charge in [-0.2, -0.15) is 0 Å². The first-order chi connectivity index (χ1) is 9.63. The van der Waals surface area contributed by atoms with Crippen molar-refractivity contribution in [1.29, 1.82) is 0 Å². The van der Waals surface area contributed by atoms with E-state index in [2.05, 4.69) is 15.5 Å². The van der Waals surface area contributed by atoms with Crippen molar-refractivity contribution in [2.45, 2.75) is 13.8 Å². The Morgan fingerprint density at radius 3 is 2.90 bits per heavy atom. The van der Waals surface area contributed by atoms with Crippen LogP contribution in [0.4, 0.5) is 5.13 Å². The highest BCUT2D eigenvalue weighted by atomic mass is 32.1. The zero-order valence-corrected chi connectivity index (χ0v) is 12.5. The van der Waals surface area contributed by atoms with Crippen LogP contribution in [-0.2, 0) is 4.79 Å². The molecule has 0 unspecified atom stereocenters. The topological polar surface area (TPSA) is 68.0 Å². The lowest BCUT2D eigenvalue weighted by atomic mass is 10.2. The SMILES string of the molecule is CC(=O)Nc1nc(-c2cccs2)c(-c2cc(C)no2)s1. The highest BCUT2D eigenvalue weighted by Crippen LogP contribution is 2.40. The van der Waals surface area contributed by atoms with Crippen LogP contribution in [0.15, 0.2) is 28.1 Å². The number of thiazole rings is 1. The molecule has 0 atom stereocenters. The maximum Gasteiger partial charge on any atom is 0.223 e. The second-order valence-electron chi connectivity index (χ2n) is 4.19. The van der Waals surface area contributed by atoms with Gasteiger partial charge in [-0.25, -0.2) is 4.98 Å². The van der Waals surface area contributed by atoms with Crippen molar-refractivity contribution in [2.24, 2.45) is 0 Å². The molecule has 0 aliphatic rings. The highest BCUT2D eigenvalue weighted by Gasteiger charge is 2.19. The number of anilines is 1. The molecule has 3 aromatic rings. The second-order valence-corrected chi connectivity index (χ2v) is 6.13. The van der Waals surface area contributed by atoms with Gasteiger partial charge in [-0.05, 0) is 18.4 Å². The Morgan fingerprint density at radius 1 is 1.45 bits per heavy atom. The average molecular weight is 305 g/mol. The van der Waals surface area contributed by atoms with E-state index in [0.717, 1.165) is 21.1 Å². The summed E-state index contributed by atoms with van der Waals surface area (Å²) >= 11 is 2.98. The van der Waals surface area contributed by atoms with Crippen LogP contribution in [0.5, 0.6) is 0 Å². The fraction of sp³-hybridized carbons (Fsp3) is 0.154. The van der Waals surface area contributed by atoms with E-state index in [9.17, 15) is 4.79 Å². The molecule has 0 saturated carbocycles. The minimum atomic E-state index is -0.142. The number of rotatable bonds is 3. The van der Waals surface area contributed by atoms with Gasteiger partial charge in [-0.1, -0.05) is 22.6 Å². The first-order valence-corrected chi connectivity index (χ1v) is 7.59. The number of carbonyl (C=O) groups is 1. The molecule has 1 amide bonds. The van der Waals surface area contributed by atoms with Crippen molar-refractivity contribution in [2.75, 3.05) is 5.32 Å². The van der Waals surface area contributed by atoms with Crippen LogP contribution in [0.2, 0.25) is 0 Å². The van der Waals surface area contributed by atoms with Crippen LogP contribution in [-0.4, -0.2) is 16.0 Å². The van der Waals surface area contributed by atoms with E-state index in [1.165, 1.54) is 18.3 Å². The van der Waals surface area contributed by atoms with Crippen LogP contribution in [0.25, 0.3) is 21.2 Å². The number of nitrogens with zero attached hydrogens (tertiary/aromatic N) is 2. The monoisotopic (exact) mass is 305 g/mol. The zero-order chi connectivity index (χ0) is 14.1.